The SMILES string of the molecule is NC(=O)n1ccc(-c2ccc(Oc3ccc(Cl)cc3F)cc2)n1. The van der Waals surface area contributed by atoms with Crippen molar-refractivity contribution < 1.29 is 13.9 Å². The number of nitrogens with two attached hydrogens (primary N) is 1. The highest BCUT2D eigenvalue weighted by Gasteiger charge is 2.08. The molecule has 0 saturated carbocycles. The quantitative estimate of drug-likeness (QED) is 0.786. The molecule has 0 radical (unpaired) electrons. The molecule has 0 atom stereocenters. The Bertz CT molecular complexity index is 862. The van der Waals surface area contributed by atoms with Crippen molar-refractivity contribution in [3.8, 4) is 22.8 Å². The van der Waals surface area contributed by atoms with E-state index in [1.807, 2.05) is 0 Å². The van der Waals surface area contributed by atoms with E-state index in [0.717, 1.165) is 10.2 Å². The number of hydrogen-bond donors (Lipinski definition) is 1. The fraction of sp³-hybridized carbons (Fsp3) is 0. The first-order valence-electron chi connectivity index (χ1n) is 6.62. The Morgan fingerprint density at radius 2 is 1.91 bits per heavy atom. The minimum absolute atomic E-state index is 0.0835. The number of halogens is 2. The number of hydrogen-bond acceptors (Lipinski definition) is 3. The summed E-state index contributed by atoms with van der Waals surface area (Å²) in [5, 5.41) is 4.35. The van der Waals surface area contributed by atoms with Crippen LogP contribution in [0.4, 0.5) is 9.18 Å². The number of aromatic nitrogens is 2. The molecular formula is C16H11ClFN3O2. The Morgan fingerprint density at radius 3 is 2.52 bits per heavy atom. The van der Waals surface area contributed by atoms with Gasteiger partial charge in [0.2, 0.25) is 0 Å². The fourth-order valence-corrected chi connectivity index (χ4v) is 2.14. The molecule has 0 saturated heterocycles. The number of rotatable bonds is 3. The number of benzene rings is 2. The maximum Gasteiger partial charge on any atom is 0.339 e. The van der Waals surface area contributed by atoms with E-state index in [4.69, 9.17) is 22.1 Å². The number of amides is 1. The summed E-state index contributed by atoms with van der Waals surface area (Å²) in [4.78, 5) is 11.0. The van der Waals surface area contributed by atoms with Gasteiger partial charge < -0.3 is 10.5 Å². The van der Waals surface area contributed by atoms with Gasteiger partial charge in [0, 0.05) is 16.8 Å². The third kappa shape index (κ3) is 3.32. The van der Waals surface area contributed by atoms with Gasteiger partial charge in [-0.15, -0.1) is 0 Å². The van der Waals surface area contributed by atoms with E-state index >= 15 is 0 Å². The topological polar surface area (TPSA) is 70.1 Å². The summed E-state index contributed by atoms with van der Waals surface area (Å²) >= 11 is 5.70. The van der Waals surface area contributed by atoms with E-state index in [1.54, 1.807) is 36.4 Å². The summed E-state index contributed by atoms with van der Waals surface area (Å²) in [6, 6.07) is 12.0. The largest absolute Gasteiger partial charge is 0.454 e. The predicted octanol–water partition coefficient (Wildman–Crippen LogP) is 4.06. The summed E-state index contributed by atoms with van der Waals surface area (Å²) in [5.41, 5.74) is 6.50. The Hall–Kier alpha value is -2.86. The molecule has 3 aromatic rings. The van der Waals surface area contributed by atoms with Gasteiger partial charge in [-0.25, -0.2) is 9.18 Å². The number of primary amides is 1. The third-order valence-electron chi connectivity index (χ3n) is 3.09. The maximum atomic E-state index is 13.7. The van der Waals surface area contributed by atoms with Crippen molar-refractivity contribution in [2.75, 3.05) is 0 Å². The second-order valence-corrected chi connectivity index (χ2v) is 5.12. The smallest absolute Gasteiger partial charge is 0.339 e. The van der Waals surface area contributed by atoms with Gasteiger partial charge in [-0.3, -0.25) is 0 Å². The van der Waals surface area contributed by atoms with Crippen molar-refractivity contribution in [3.63, 3.8) is 0 Å². The highest BCUT2D eigenvalue weighted by atomic mass is 35.5. The van der Waals surface area contributed by atoms with Crippen LogP contribution in [0.2, 0.25) is 5.02 Å². The zero-order chi connectivity index (χ0) is 16.4. The Balaban J connectivity index is 1.80. The molecule has 0 unspecified atom stereocenters. The number of carbonyl (C=O) groups is 1. The summed E-state index contributed by atoms with van der Waals surface area (Å²) in [6.45, 7) is 0. The van der Waals surface area contributed by atoms with Crippen LogP contribution in [0.25, 0.3) is 11.3 Å². The summed E-state index contributed by atoms with van der Waals surface area (Å²) in [5.74, 6) is 0.00578. The van der Waals surface area contributed by atoms with Crippen LogP contribution < -0.4 is 10.5 Å². The van der Waals surface area contributed by atoms with Crippen molar-refractivity contribution in [3.05, 3.63) is 65.6 Å². The average molecular weight is 332 g/mol. The van der Waals surface area contributed by atoms with Crippen LogP contribution in [0, 0.1) is 5.82 Å². The van der Waals surface area contributed by atoms with E-state index in [1.165, 1.54) is 18.3 Å². The van der Waals surface area contributed by atoms with E-state index in [0.29, 0.717) is 16.5 Å². The third-order valence-corrected chi connectivity index (χ3v) is 3.32. The van der Waals surface area contributed by atoms with Gasteiger partial charge in [-0.1, -0.05) is 11.6 Å². The number of nitrogens with zero attached hydrogens (tertiary/aromatic N) is 2. The standard InChI is InChI=1S/C16H11ClFN3O2/c17-11-3-6-15(13(18)9-11)23-12-4-1-10(2-5-12)14-7-8-21(20-14)16(19)22/h1-9H,(H2,19,22). The fourth-order valence-electron chi connectivity index (χ4n) is 1.98. The maximum absolute atomic E-state index is 13.7. The summed E-state index contributed by atoms with van der Waals surface area (Å²) in [6.07, 6.45) is 1.48. The molecule has 23 heavy (non-hydrogen) atoms. The molecule has 0 bridgehead atoms. The van der Waals surface area contributed by atoms with Crippen molar-refractivity contribution in [1.29, 1.82) is 0 Å². The molecule has 0 aliphatic heterocycles. The summed E-state index contributed by atoms with van der Waals surface area (Å²) < 4.78 is 20.2. The lowest BCUT2D eigenvalue weighted by Crippen LogP contribution is -2.19. The Labute approximate surface area is 136 Å². The molecule has 3 rings (SSSR count). The normalized spacial score (nSPS) is 10.5. The first kappa shape index (κ1) is 15.1. The van der Waals surface area contributed by atoms with E-state index in [9.17, 15) is 9.18 Å². The van der Waals surface area contributed by atoms with Gasteiger partial charge in [0.25, 0.3) is 0 Å². The van der Waals surface area contributed by atoms with Crippen LogP contribution in [0.15, 0.2) is 54.7 Å². The highest BCUT2D eigenvalue weighted by molar-refractivity contribution is 6.30. The number of ether oxygens (including phenoxy) is 1. The molecule has 7 heteroatoms. The van der Waals surface area contributed by atoms with Gasteiger partial charge in [-0.05, 0) is 48.5 Å². The van der Waals surface area contributed by atoms with Crippen molar-refractivity contribution >= 4 is 17.6 Å². The van der Waals surface area contributed by atoms with Crippen LogP contribution >= 0.6 is 11.6 Å². The van der Waals surface area contributed by atoms with Gasteiger partial charge in [0.1, 0.15) is 5.75 Å². The van der Waals surface area contributed by atoms with E-state index in [-0.39, 0.29) is 5.75 Å². The van der Waals surface area contributed by atoms with Crippen LogP contribution in [-0.4, -0.2) is 15.8 Å². The Morgan fingerprint density at radius 1 is 1.17 bits per heavy atom. The van der Waals surface area contributed by atoms with Crippen molar-refractivity contribution in [2.45, 2.75) is 0 Å². The minimum Gasteiger partial charge on any atom is -0.454 e. The molecule has 0 aliphatic carbocycles. The van der Waals surface area contributed by atoms with Crippen molar-refractivity contribution in [2.24, 2.45) is 5.73 Å². The van der Waals surface area contributed by atoms with Gasteiger partial charge >= 0.3 is 6.03 Å². The average Bonchev–Trinajstić information content (AvgIpc) is 3.01. The minimum atomic E-state index is -0.658. The summed E-state index contributed by atoms with van der Waals surface area (Å²) in [7, 11) is 0. The van der Waals surface area contributed by atoms with Gasteiger partial charge in [0.15, 0.2) is 11.6 Å². The molecule has 0 spiro atoms. The molecule has 2 N–H and O–H groups in total. The second-order valence-electron chi connectivity index (χ2n) is 4.68. The molecule has 1 heterocycles. The lowest BCUT2D eigenvalue weighted by Gasteiger charge is -2.07. The van der Waals surface area contributed by atoms with Gasteiger partial charge in [-0.2, -0.15) is 9.78 Å². The first-order chi connectivity index (χ1) is 11.0. The van der Waals surface area contributed by atoms with Crippen molar-refractivity contribution in [1.82, 2.24) is 9.78 Å². The van der Waals surface area contributed by atoms with E-state index < -0.39 is 11.8 Å². The molecule has 1 amide bonds. The predicted molar refractivity (Wildman–Crippen MR) is 84.1 cm³/mol. The lowest BCUT2D eigenvalue weighted by atomic mass is 10.1. The highest BCUT2D eigenvalue weighted by Crippen LogP contribution is 2.28. The monoisotopic (exact) mass is 331 g/mol. The molecule has 1 aromatic heterocycles. The van der Waals surface area contributed by atoms with E-state index in [2.05, 4.69) is 5.10 Å². The molecule has 0 fully saturated rings. The first-order valence-corrected chi connectivity index (χ1v) is 6.99. The number of carbonyl (C=O) groups excluding carboxylic acids is 1. The zero-order valence-corrected chi connectivity index (χ0v) is 12.5. The zero-order valence-electron chi connectivity index (χ0n) is 11.7. The molecule has 2 aromatic carbocycles. The van der Waals surface area contributed by atoms with Crippen LogP contribution in [-0.2, 0) is 0 Å². The molecule has 116 valence electrons. The lowest BCUT2D eigenvalue weighted by molar-refractivity contribution is 0.248. The van der Waals surface area contributed by atoms with Crippen LogP contribution in [0.1, 0.15) is 0 Å². The van der Waals surface area contributed by atoms with Gasteiger partial charge in [0.05, 0.1) is 5.69 Å². The second kappa shape index (κ2) is 6.10. The molecule has 0 aliphatic rings. The molecule has 5 nitrogen and oxygen atoms in total. The van der Waals surface area contributed by atoms with Crippen LogP contribution in [0.3, 0.4) is 0 Å². The molecular weight excluding hydrogens is 321 g/mol. The van der Waals surface area contributed by atoms with Crippen LogP contribution in [0.5, 0.6) is 11.5 Å². The Kier molecular flexibility index (Phi) is 3.99.